The van der Waals surface area contributed by atoms with E-state index in [1.807, 2.05) is 42.5 Å². The summed E-state index contributed by atoms with van der Waals surface area (Å²) in [7, 11) is 0. The lowest BCUT2D eigenvalue weighted by Gasteiger charge is -2.18. The van der Waals surface area contributed by atoms with Crippen LogP contribution < -0.4 is 10.5 Å². The Balaban J connectivity index is 1.46. The summed E-state index contributed by atoms with van der Waals surface area (Å²) in [5.41, 5.74) is 2.85. The van der Waals surface area contributed by atoms with E-state index in [0.717, 1.165) is 32.4 Å². The molecule has 0 saturated carbocycles. The van der Waals surface area contributed by atoms with Crippen molar-refractivity contribution in [2.24, 2.45) is 0 Å². The first-order valence-electron chi connectivity index (χ1n) is 11.9. The lowest BCUT2D eigenvalue weighted by molar-refractivity contribution is 0.466. The van der Waals surface area contributed by atoms with Crippen LogP contribution in [-0.2, 0) is 0 Å². The first-order valence-corrected chi connectivity index (χ1v) is 13.5. The van der Waals surface area contributed by atoms with Crippen LogP contribution in [-0.4, -0.2) is 16.6 Å². The van der Waals surface area contributed by atoms with E-state index in [1.54, 1.807) is 53.4 Å². The largest absolute Gasteiger partial charge is 0.506 e. The minimum atomic E-state index is -0.586. The molecule has 3 heterocycles. The predicted molar refractivity (Wildman–Crippen MR) is 154 cm³/mol. The van der Waals surface area contributed by atoms with Gasteiger partial charge in [-0.15, -0.1) is 11.3 Å². The van der Waals surface area contributed by atoms with E-state index in [4.69, 9.17) is 9.40 Å². The topological polar surface area (TPSA) is 66.6 Å². The van der Waals surface area contributed by atoms with Crippen LogP contribution in [0.1, 0.15) is 17.5 Å². The monoisotopic (exact) mass is 522 g/mol. The Morgan fingerprint density at radius 1 is 1.05 bits per heavy atom. The number of fused-ring (bicyclic) bond motifs is 3. The zero-order chi connectivity index (χ0) is 25.4. The second kappa shape index (κ2) is 9.76. The van der Waals surface area contributed by atoms with Gasteiger partial charge in [0.15, 0.2) is 0 Å². The first-order chi connectivity index (χ1) is 18.1. The molecule has 3 aromatic carbocycles. The molecule has 182 valence electrons. The van der Waals surface area contributed by atoms with Crippen LogP contribution in [0.3, 0.4) is 0 Å². The number of para-hydroxylation sites is 3. The van der Waals surface area contributed by atoms with Gasteiger partial charge in [0, 0.05) is 11.4 Å². The molecule has 0 bridgehead atoms. The van der Waals surface area contributed by atoms with E-state index >= 15 is 0 Å². The fourth-order valence-corrected chi connectivity index (χ4v) is 6.45. The van der Waals surface area contributed by atoms with Crippen molar-refractivity contribution in [1.29, 1.82) is 0 Å². The maximum absolute atomic E-state index is 12.7. The number of allylic oxidation sites excluding steroid dienone is 3. The Morgan fingerprint density at radius 3 is 2.70 bits per heavy atom. The van der Waals surface area contributed by atoms with Crippen LogP contribution in [0.2, 0.25) is 0 Å². The van der Waals surface area contributed by atoms with E-state index in [1.165, 1.54) is 10.6 Å². The second-order valence-electron chi connectivity index (χ2n) is 8.44. The van der Waals surface area contributed by atoms with Crippen LogP contribution in [0.15, 0.2) is 110 Å². The summed E-state index contributed by atoms with van der Waals surface area (Å²) in [6, 6.07) is 23.3. The highest BCUT2D eigenvalue weighted by Crippen LogP contribution is 2.46. The van der Waals surface area contributed by atoms with Gasteiger partial charge in [-0.05, 0) is 67.1 Å². The van der Waals surface area contributed by atoms with Crippen LogP contribution in [0, 0.1) is 0 Å². The highest BCUT2D eigenvalue weighted by atomic mass is 32.2. The van der Waals surface area contributed by atoms with Crippen molar-refractivity contribution in [2.75, 3.05) is 11.4 Å². The van der Waals surface area contributed by atoms with E-state index in [-0.39, 0.29) is 11.3 Å². The zero-order valence-electron chi connectivity index (χ0n) is 19.9. The Bertz CT molecular complexity index is 1760. The molecule has 1 N–H and O–H groups in total. The number of thioether (sulfide) groups is 1. The van der Waals surface area contributed by atoms with Crippen LogP contribution in [0.4, 0.5) is 5.69 Å². The maximum atomic E-state index is 12.7. The lowest BCUT2D eigenvalue weighted by Crippen LogP contribution is -2.16. The molecule has 7 heteroatoms. The van der Waals surface area contributed by atoms with Gasteiger partial charge >= 0.3 is 5.63 Å². The third-order valence-electron chi connectivity index (χ3n) is 6.11. The molecule has 5 nitrogen and oxygen atoms in total. The molecule has 5 aromatic rings. The summed E-state index contributed by atoms with van der Waals surface area (Å²) in [5, 5.41) is 13.3. The van der Waals surface area contributed by atoms with Crippen molar-refractivity contribution in [3.8, 4) is 5.75 Å². The van der Waals surface area contributed by atoms with Crippen molar-refractivity contribution in [3.05, 3.63) is 117 Å². The third-order valence-corrected chi connectivity index (χ3v) is 8.20. The second-order valence-corrected chi connectivity index (χ2v) is 10.6. The molecule has 0 amide bonds. The van der Waals surface area contributed by atoms with Crippen LogP contribution in [0.5, 0.6) is 5.75 Å². The molecule has 0 unspecified atom stereocenters. The van der Waals surface area contributed by atoms with E-state index in [2.05, 4.69) is 36.1 Å². The molecule has 1 aliphatic heterocycles. The van der Waals surface area contributed by atoms with Crippen molar-refractivity contribution in [1.82, 2.24) is 4.98 Å². The number of hydrogen-bond acceptors (Lipinski definition) is 7. The number of aromatic nitrogens is 1. The van der Waals surface area contributed by atoms with Gasteiger partial charge in [0.2, 0.25) is 0 Å². The van der Waals surface area contributed by atoms with Crippen molar-refractivity contribution in [3.63, 3.8) is 0 Å². The molecular weight excluding hydrogens is 500 g/mol. The summed E-state index contributed by atoms with van der Waals surface area (Å²) in [6.45, 7) is 2.95. The molecule has 1 aliphatic rings. The summed E-state index contributed by atoms with van der Waals surface area (Å²) in [4.78, 5) is 20.9. The fraction of sp³-hybridized carbons (Fsp3) is 0.0667. The number of anilines is 1. The normalized spacial score (nSPS) is 14.9. The Labute approximate surface area is 221 Å². The molecule has 0 fully saturated rings. The summed E-state index contributed by atoms with van der Waals surface area (Å²) >= 11 is 3.31. The number of rotatable bonds is 5. The molecule has 0 saturated heterocycles. The average Bonchev–Trinajstić information content (AvgIpc) is 3.48. The standard InChI is InChI=1S/C30H22N2O3S2/c1-2-32-23-11-5-8-14-26(23)37-28(32)18-19(17-27-31-22-10-4-7-13-25(22)36-27)15-16-21-29(33)20-9-3-6-12-24(20)35-30(21)34/h3-18,33H,2H2,1H3. The van der Waals surface area contributed by atoms with Gasteiger partial charge in [0.25, 0.3) is 0 Å². The molecule has 2 aromatic heterocycles. The summed E-state index contributed by atoms with van der Waals surface area (Å²) < 4.78 is 6.56. The Hall–Kier alpha value is -4.07. The van der Waals surface area contributed by atoms with Gasteiger partial charge < -0.3 is 14.4 Å². The highest BCUT2D eigenvalue weighted by Gasteiger charge is 2.23. The SMILES string of the molecule is CCN1C(=CC(C=Cc2c(O)c3ccccc3oc2=O)=Cc2nc3ccccc3s2)Sc2ccccc21. The molecule has 0 spiro atoms. The molecule has 37 heavy (non-hydrogen) atoms. The van der Waals surface area contributed by atoms with E-state index < -0.39 is 5.63 Å². The number of aromatic hydroxyl groups is 1. The number of thiazole rings is 1. The average molecular weight is 523 g/mol. The van der Waals surface area contributed by atoms with E-state index in [0.29, 0.717) is 11.0 Å². The van der Waals surface area contributed by atoms with Crippen molar-refractivity contribution in [2.45, 2.75) is 11.8 Å². The minimum absolute atomic E-state index is 0.0899. The predicted octanol–water partition coefficient (Wildman–Crippen LogP) is 7.68. The molecule has 0 radical (unpaired) electrons. The fourth-order valence-electron chi connectivity index (χ4n) is 4.34. The zero-order valence-corrected chi connectivity index (χ0v) is 21.6. The van der Waals surface area contributed by atoms with Crippen molar-refractivity contribution < 1.29 is 9.52 Å². The summed E-state index contributed by atoms with van der Waals surface area (Å²) in [6.07, 6.45) is 7.55. The number of benzene rings is 3. The van der Waals surface area contributed by atoms with Gasteiger partial charge in [-0.25, -0.2) is 9.78 Å². The Morgan fingerprint density at radius 2 is 1.84 bits per heavy atom. The van der Waals surface area contributed by atoms with Gasteiger partial charge in [0.05, 0.1) is 26.3 Å². The summed E-state index contributed by atoms with van der Waals surface area (Å²) in [5.74, 6) is -0.0899. The molecular formula is C30H22N2O3S2. The highest BCUT2D eigenvalue weighted by molar-refractivity contribution is 8.03. The van der Waals surface area contributed by atoms with Crippen LogP contribution >= 0.6 is 23.1 Å². The van der Waals surface area contributed by atoms with Gasteiger partial charge in [-0.1, -0.05) is 54.2 Å². The number of nitrogens with zero attached hydrogens (tertiary/aromatic N) is 2. The minimum Gasteiger partial charge on any atom is -0.506 e. The van der Waals surface area contributed by atoms with Crippen molar-refractivity contribution >= 4 is 62.1 Å². The van der Waals surface area contributed by atoms with Gasteiger partial charge in [-0.2, -0.15) is 0 Å². The van der Waals surface area contributed by atoms with Gasteiger partial charge in [-0.3, -0.25) is 0 Å². The molecule has 6 rings (SSSR count). The lowest BCUT2D eigenvalue weighted by atomic mass is 10.1. The molecule has 0 atom stereocenters. The smallest absolute Gasteiger partial charge is 0.347 e. The van der Waals surface area contributed by atoms with Crippen LogP contribution in [0.25, 0.3) is 33.3 Å². The third kappa shape index (κ3) is 4.48. The number of hydrogen-bond donors (Lipinski definition) is 1. The Kier molecular flexibility index (Phi) is 6.16. The molecule has 0 aliphatic carbocycles. The first kappa shape index (κ1) is 23.3. The quantitative estimate of drug-likeness (QED) is 0.189. The van der Waals surface area contributed by atoms with E-state index in [9.17, 15) is 9.90 Å². The van der Waals surface area contributed by atoms with Gasteiger partial charge in [0.1, 0.15) is 21.9 Å². The maximum Gasteiger partial charge on any atom is 0.347 e.